The third-order valence-corrected chi connectivity index (χ3v) is 3.07. The SMILES string of the molecule is O=CN(CCNCCOP(O)(O)=S)C1CC1. The zero-order valence-corrected chi connectivity index (χ0v) is 10.6. The number of carbonyl (C=O) groups excluding carboxylic acids is 1. The van der Waals surface area contributed by atoms with Crippen LogP contribution in [-0.2, 0) is 21.1 Å². The number of hydrogen-bond acceptors (Lipinski definition) is 4. The minimum Gasteiger partial charge on any atom is -0.341 e. The van der Waals surface area contributed by atoms with Gasteiger partial charge in [0.25, 0.3) is 0 Å². The molecule has 1 aliphatic rings. The molecule has 0 aliphatic heterocycles. The second kappa shape index (κ2) is 6.64. The van der Waals surface area contributed by atoms with Crippen molar-refractivity contribution in [3.05, 3.63) is 0 Å². The van der Waals surface area contributed by atoms with E-state index in [2.05, 4.69) is 21.6 Å². The van der Waals surface area contributed by atoms with Gasteiger partial charge >= 0.3 is 6.72 Å². The Hall–Kier alpha value is -0.0400. The summed E-state index contributed by atoms with van der Waals surface area (Å²) in [6.07, 6.45) is 3.07. The highest BCUT2D eigenvalue weighted by molar-refractivity contribution is 8.06. The van der Waals surface area contributed by atoms with Crippen molar-refractivity contribution in [2.24, 2.45) is 0 Å². The molecule has 94 valence electrons. The van der Waals surface area contributed by atoms with Crippen LogP contribution in [0.3, 0.4) is 0 Å². The molecule has 0 radical (unpaired) electrons. The average molecular weight is 268 g/mol. The van der Waals surface area contributed by atoms with Crippen molar-refractivity contribution in [1.29, 1.82) is 0 Å². The summed E-state index contributed by atoms with van der Waals surface area (Å²) >= 11 is 4.28. The fraction of sp³-hybridized carbons (Fsp3) is 0.875. The van der Waals surface area contributed by atoms with Crippen molar-refractivity contribution < 1.29 is 19.1 Å². The van der Waals surface area contributed by atoms with Gasteiger partial charge in [-0.3, -0.25) is 4.79 Å². The van der Waals surface area contributed by atoms with Crippen LogP contribution in [0.15, 0.2) is 0 Å². The van der Waals surface area contributed by atoms with Gasteiger partial charge in [-0.25, -0.2) is 0 Å². The first-order chi connectivity index (χ1) is 7.53. The molecule has 1 aliphatic carbocycles. The molecule has 0 aromatic carbocycles. The second-order valence-corrected chi connectivity index (χ2v) is 6.31. The van der Waals surface area contributed by atoms with Crippen molar-refractivity contribution >= 4 is 24.9 Å². The summed E-state index contributed by atoms with van der Waals surface area (Å²) in [4.78, 5) is 29.9. The quantitative estimate of drug-likeness (QED) is 0.295. The molecule has 3 N–H and O–H groups in total. The fourth-order valence-corrected chi connectivity index (χ4v) is 1.85. The monoisotopic (exact) mass is 268 g/mol. The number of carbonyl (C=O) groups is 1. The van der Waals surface area contributed by atoms with E-state index in [9.17, 15) is 4.79 Å². The Morgan fingerprint density at radius 3 is 2.69 bits per heavy atom. The molecule has 0 unspecified atom stereocenters. The van der Waals surface area contributed by atoms with Gasteiger partial charge in [0.05, 0.1) is 6.61 Å². The first-order valence-corrected chi connectivity index (χ1v) is 7.77. The van der Waals surface area contributed by atoms with Crippen LogP contribution in [0.1, 0.15) is 12.8 Å². The molecule has 1 fully saturated rings. The van der Waals surface area contributed by atoms with Gasteiger partial charge in [-0.2, -0.15) is 0 Å². The van der Waals surface area contributed by atoms with E-state index in [4.69, 9.17) is 9.79 Å². The van der Waals surface area contributed by atoms with Crippen LogP contribution >= 0.6 is 6.72 Å². The molecular formula is C8H17N2O4PS. The third kappa shape index (κ3) is 6.52. The van der Waals surface area contributed by atoms with E-state index >= 15 is 0 Å². The molecule has 8 heteroatoms. The van der Waals surface area contributed by atoms with E-state index in [-0.39, 0.29) is 6.61 Å². The first kappa shape index (κ1) is 14.0. The maximum atomic E-state index is 10.6. The van der Waals surface area contributed by atoms with Crippen LogP contribution in [0, 0.1) is 0 Å². The summed E-state index contributed by atoms with van der Waals surface area (Å²) in [6.45, 7) is -1.54. The summed E-state index contributed by atoms with van der Waals surface area (Å²) in [6, 6.07) is 0.427. The van der Waals surface area contributed by atoms with E-state index in [0.29, 0.717) is 25.7 Å². The van der Waals surface area contributed by atoms with Gasteiger partial charge in [-0.15, -0.1) is 0 Å². The summed E-state index contributed by atoms with van der Waals surface area (Å²) in [7, 11) is 0. The van der Waals surface area contributed by atoms with Gasteiger partial charge in [0.2, 0.25) is 6.41 Å². The normalized spacial score (nSPS) is 16.1. The zero-order valence-electron chi connectivity index (χ0n) is 8.91. The second-order valence-electron chi connectivity index (χ2n) is 3.65. The number of amides is 1. The molecule has 1 rings (SSSR count). The Bertz CT molecular complexity index is 269. The highest BCUT2D eigenvalue weighted by Gasteiger charge is 2.27. The van der Waals surface area contributed by atoms with E-state index < -0.39 is 6.72 Å². The van der Waals surface area contributed by atoms with E-state index in [1.807, 2.05) is 0 Å². The standard InChI is InChI=1S/C8H17N2O4PS/c11-7-10(8-1-2-8)5-3-9-4-6-14-15(12,13)16/h7-9H,1-6H2,(H2,12,13,16). The molecule has 0 spiro atoms. The Labute approximate surface area is 99.8 Å². The number of nitrogens with one attached hydrogen (secondary N) is 1. The lowest BCUT2D eigenvalue weighted by molar-refractivity contribution is -0.118. The van der Waals surface area contributed by atoms with Gasteiger partial charge in [0.15, 0.2) is 0 Å². The van der Waals surface area contributed by atoms with Gasteiger partial charge in [0, 0.05) is 25.7 Å². The molecular weight excluding hydrogens is 251 g/mol. The minimum atomic E-state index is -3.52. The molecule has 0 aromatic heterocycles. The Morgan fingerprint density at radius 1 is 1.50 bits per heavy atom. The predicted octanol–water partition coefficient (Wildman–Crippen LogP) is -0.578. The Morgan fingerprint density at radius 2 is 2.19 bits per heavy atom. The van der Waals surface area contributed by atoms with Gasteiger partial charge in [0.1, 0.15) is 0 Å². The Kier molecular flexibility index (Phi) is 5.82. The van der Waals surface area contributed by atoms with Gasteiger partial charge in [-0.05, 0) is 24.6 Å². The third-order valence-electron chi connectivity index (χ3n) is 2.24. The van der Waals surface area contributed by atoms with Crippen molar-refractivity contribution in [2.45, 2.75) is 18.9 Å². The molecule has 0 aromatic rings. The first-order valence-electron chi connectivity index (χ1n) is 5.15. The van der Waals surface area contributed by atoms with Crippen molar-refractivity contribution in [2.75, 3.05) is 26.2 Å². The average Bonchev–Trinajstić information content (AvgIpc) is 2.99. The molecule has 1 amide bonds. The predicted molar refractivity (Wildman–Crippen MR) is 63.3 cm³/mol. The van der Waals surface area contributed by atoms with E-state index in [0.717, 1.165) is 19.3 Å². The zero-order chi connectivity index (χ0) is 12.0. The molecule has 0 atom stereocenters. The van der Waals surface area contributed by atoms with Crippen molar-refractivity contribution in [3.8, 4) is 0 Å². The summed E-state index contributed by atoms with van der Waals surface area (Å²) in [5.74, 6) is 0. The number of rotatable bonds is 9. The van der Waals surface area contributed by atoms with Crippen molar-refractivity contribution in [3.63, 3.8) is 0 Å². The summed E-state index contributed by atoms with van der Waals surface area (Å²) in [5, 5.41) is 3.03. The van der Waals surface area contributed by atoms with Crippen LogP contribution in [0.5, 0.6) is 0 Å². The summed E-state index contributed by atoms with van der Waals surface area (Å²) < 4.78 is 4.61. The van der Waals surface area contributed by atoms with Crippen LogP contribution < -0.4 is 5.32 Å². The molecule has 0 saturated heterocycles. The molecule has 1 saturated carbocycles. The van der Waals surface area contributed by atoms with Crippen molar-refractivity contribution in [1.82, 2.24) is 10.2 Å². The maximum Gasteiger partial charge on any atom is 0.321 e. The topological polar surface area (TPSA) is 82.0 Å². The number of nitrogens with zero attached hydrogens (tertiary/aromatic N) is 1. The molecule has 6 nitrogen and oxygen atoms in total. The lowest BCUT2D eigenvalue weighted by Crippen LogP contribution is -2.33. The molecule has 0 bridgehead atoms. The van der Waals surface area contributed by atoms with E-state index in [1.165, 1.54) is 0 Å². The van der Waals surface area contributed by atoms with Gasteiger partial charge < -0.3 is 24.5 Å². The molecule has 0 heterocycles. The smallest absolute Gasteiger partial charge is 0.321 e. The minimum absolute atomic E-state index is 0.162. The fourth-order valence-electron chi connectivity index (χ4n) is 1.30. The van der Waals surface area contributed by atoms with Gasteiger partial charge in [-0.1, -0.05) is 0 Å². The summed E-state index contributed by atoms with van der Waals surface area (Å²) in [5.41, 5.74) is 0. The van der Waals surface area contributed by atoms with Crippen LogP contribution in [0.2, 0.25) is 0 Å². The van der Waals surface area contributed by atoms with Crippen LogP contribution in [-0.4, -0.2) is 53.4 Å². The lowest BCUT2D eigenvalue weighted by Gasteiger charge is -2.16. The number of hydrogen-bond donors (Lipinski definition) is 3. The van der Waals surface area contributed by atoms with Crippen LogP contribution in [0.4, 0.5) is 0 Å². The molecule has 16 heavy (non-hydrogen) atoms. The highest BCUT2D eigenvalue weighted by Crippen LogP contribution is 2.35. The highest BCUT2D eigenvalue weighted by atomic mass is 32.5. The Balaban J connectivity index is 1.95. The lowest BCUT2D eigenvalue weighted by atomic mass is 10.5. The maximum absolute atomic E-state index is 10.6. The van der Waals surface area contributed by atoms with E-state index in [1.54, 1.807) is 4.90 Å². The largest absolute Gasteiger partial charge is 0.341 e. The van der Waals surface area contributed by atoms with Crippen LogP contribution in [0.25, 0.3) is 0 Å².